The van der Waals surface area contributed by atoms with Crippen LogP contribution in [0.1, 0.15) is 17.5 Å². The van der Waals surface area contributed by atoms with Crippen LogP contribution in [0.15, 0.2) is 41.4 Å². The minimum atomic E-state index is -0.628. The van der Waals surface area contributed by atoms with Crippen LogP contribution in [0.5, 0.6) is 0 Å². The molecule has 0 spiro atoms. The molecule has 0 unspecified atom stereocenters. The molecule has 3 rings (SSSR count). The third-order valence-corrected chi connectivity index (χ3v) is 3.45. The second-order valence-corrected chi connectivity index (χ2v) is 4.87. The van der Waals surface area contributed by atoms with Gasteiger partial charge < -0.3 is 0 Å². The van der Waals surface area contributed by atoms with Crippen molar-refractivity contribution < 1.29 is 8.78 Å². The first-order valence-corrected chi connectivity index (χ1v) is 6.33. The minimum absolute atomic E-state index is 0.278. The van der Waals surface area contributed by atoms with Crippen LogP contribution in [0.4, 0.5) is 14.5 Å². The molecule has 0 N–H and O–H groups in total. The fourth-order valence-corrected chi connectivity index (χ4v) is 2.65. The zero-order chi connectivity index (χ0) is 13.4. The van der Waals surface area contributed by atoms with Gasteiger partial charge in [0.2, 0.25) is 0 Å². The molecular formula is C15H10ClF2N. The normalized spacial score (nSPS) is 15.8. The zero-order valence-corrected chi connectivity index (χ0v) is 10.7. The summed E-state index contributed by atoms with van der Waals surface area (Å²) in [6, 6.07) is 8.95. The van der Waals surface area contributed by atoms with Gasteiger partial charge in [-0.25, -0.2) is 8.78 Å². The summed E-state index contributed by atoms with van der Waals surface area (Å²) in [6.07, 6.45) is 1.59. The first-order chi connectivity index (χ1) is 9.13. The Labute approximate surface area is 114 Å². The Morgan fingerprint density at radius 1 is 1.00 bits per heavy atom. The Morgan fingerprint density at radius 3 is 2.47 bits per heavy atom. The highest BCUT2D eigenvalue weighted by atomic mass is 35.5. The SMILES string of the molecule is Fc1cc(F)cc(N=C2CCc3cccc(Cl)c32)c1. The van der Waals surface area contributed by atoms with Gasteiger partial charge in [0.05, 0.1) is 11.4 Å². The van der Waals surface area contributed by atoms with Crippen LogP contribution in [0, 0.1) is 11.6 Å². The van der Waals surface area contributed by atoms with Crippen LogP contribution in [0.25, 0.3) is 0 Å². The van der Waals surface area contributed by atoms with Gasteiger partial charge in [-0.2, -0.15) is 0 Å². The van der Waals surface area contributed by atoms with Crippen molar-refractivity contribution in [3.8, 4) is 0 Å². The third-order valence-electron chi connectivity index (χ3n) is 3.13. The quantitative estimate of drug-likeness (QED) is 0.717. The molecule has 2 aromatic carbocycles. The highest BCUT2D eigenvalue weighted by Crippen LogP contribution is 2.31. The largest absolute Gasteiger partial charge is 0.253 e. The molecule has 0 amide bonds. The second-order valence-electron chi connectivity index (χ2n) is 4.46. The van der Waals surface area contributed by atoms with Crippen molar-refractivity contribution >= 4 is 23.0 Å². The fourth-order valence-electron chi connectivity index (χ4n) is 2.35. The number of fused-ring (bicyclic) bond motifs is 1. The summed E-state index contributed by atoms with van der Waals surface area (Å²) in [4.78, 5) is 4.33. The number of hydrogen-bond donors (Lipinski definition) is 0. The van der Waals surface area contributed by atoms with E-state index in [1.54, 1.807) is 6.07 Å². The van der Waals surface area contributed by atoms with Crippen LogP contribution in [0.3, 0.4) is 0 Å². The van der Waals surface area contributed by atoms with Crippen molar-refractivity contribution in [1.29, 1.82) is 0 Å². The molecule has 1 nitrogen and oxygen atoms in total. The molecule has 0 saturated carbocycles. The topological polar surface area (TPSA) is 12.4 Å². The summed E-state index contributed by atoms with van der Waals surface area (Å²) in [5.41, 5.74) is 3.09. The molecule has 96 valence electrons. The average molecular weight is 278 g/mol. The first-order valence-electron chi connectivity index (χ1n) is 5.95. The van der Waals surface area contributed by atoms with E-state index in [2.05, 4.69) is 4.99 Å². The molecule has 0 saturated heterocycles. The van der Waals surface area contributed by atoms with E-state index in [-0.39, 0.29) is 5.69 Å². The van der Waals surface area contributed by atoms with E-state index in [4.69, 9.17) is 11.6 Å². The predicted molar refractivity (Wildman–Crippen MR) is 72.3 cm³/mol. The van der Waals surface area contributed by atoms with E-state index in [1.807, 2.05) is 12.1 Å². The molecule has 0 radical (unpaired) electrons. The van der Waals surface area contributed by atoms with Gasteiger partial charge in [-0.05, 0) is 36.6 Å². The van der Waals surface area contributed by atoms with Gasteiger partial charge in [0.15, 0.2) is 0 Å². The lowest BCUT2D eigenvalue weighted by Crippen LogP contribution is -1.95. The Hall–Kier alpha value is -1.74. The maximum absolute atomic E-state index is 13.1. The van der Waals surface area contributed by atoms with Crippen molar-refractivity contribution in [2.75, 3.05) is 0 Å². The molecule has 2 aromatic rings. The summed E-state index contributed by atoms with van der Waals surface area (Å²) in [7, 11) is 0. The lowest BCUT2D eigenvalue weighted by molar-refractivity contribution is 0.584. The Kier molecular flexibility index (Phi) is 3.07. The van der Waals surface area contributed by atoms with E-state index >= 15 is 0 Å². The molecule has 0 aromatic heterocycles. The maximum atomic E-state index is 13.1. The highest BCUT2D eigenvalue weighted by molar-refractivity contribution is 6.35. The Balaban J connectivity index is 2.08. The Bertz CT molecular complexity index is 660. The van der Waals surface area contributed by atoms with Gasteiger partial charge in [0.25, 0.3) is 0 Å². The summed E-state index contributed by atoms with van der Waals surface area (Å²) in [5, 5.41) is 0.630. The summed E-state index contributed by atoms with van der Waals surface area (Å²) >= 11 is 6.16. The van der Waals surface area contributed by atoms with E-state index in [0.717, 1.165) is 35.7 Å². The van der Waals surface area contributed by atoms with Crippen LogP contribution in [0.2, 0.25) is 5.02 Å². The van der Waals surface area contributed by atoms with Gasteiger partial charge >= 0.3 is 0 Å². The molecule has 1 aliphatic carbocycles. The lowest BCUT2D eigenvalue weighted by Gasteiger charge is -2.03. The molecule has 0 atom stereocenters. The number of rotatable bonds is 1. The van der Waals surface area contributed by atoms with Gasteiger partial charge in [-0.3, -0.25) is 4.99 Å². The number of hydrogen-bond acceptors (Lipinski definition) is 1. The van der Waals surface area contributed by atoms with Gasteiger partial charge in [-0.15, -0.1) is 0 Å². The van der Waals surface area contributed by atoms with Crippen molar-refractivity contribution in [3.63, 3.8) is 0 Å². The molecule has 0 bridgehead atoms. The molecule has 19 heavy (non-hydrogen) atoms. The van der Waals surface area contributed by atoms with Crippen LogP contribution in [-0.4, -0.2) is 5.71 Å². The Morgan fingerprint density at radius 2 is 1.74 bits per heavy atom. The first kappa shape index (κ1) is 12.3. The van der Waals surface area contributed by atoms with E-state index in [0.29, 0.717) is 5.02 Å². The van der Waals surface area contributed by atoms with Crippen molar-refractivity contribution in [1.82, 2.24) is 0 Å². The zero-order valence-electron chi connectivity index (χ0n) is 9.96. The predicted octanol–water partition coefficient (Wildman–Crippen LogP) is 4.69. The molecular weight excluding hydrogens is 268 g/mol. The number of halogens is 3. The molecule has 0 aliphatic heterocycles. The van der Waals surface area contributed by atoms with Crippen LogP contribution < -0.4 is 0 Å². The maximum Gasteiger partial charge on any atom is 0.128 e. The summed E-state index contributed by atoms with van der Waals surface area (Å²) in [5.74, 6) is -1.26. The van der Waals surface area contributed by atoms with Crippen molar-refractivity contribution in [3.05, 3.63) is 64.2 Å². The molecule has 0 heterocycles. The van der Waals surface area contributed by atoms with E-state index in [1.165, 1.54) is 12.1 Å². The fraction of sp³-hybridized carbons (Fsp3) is 0.133. The summed E-state index contributed by atoms with van der Waals surface area (Å²) in [6.45, 7) is 0. The number of aryl methyl sites for hydroxylation is 1. The number of benzene rings is 2. The van der Waals surface area contributed by atoms with Gasteiger partial charge in [0.1, 0.15) is 11.6 Å². The highest BCUT2D eigenvalue weighted by Gasteiger charge is 2.20. The summed E-state index contributed by atoms with van der Waals surface area (Å²) < 4.78 is 26.3. The minimum Gasteiger partial charge on any atom is -0.253 e. The standard InChI is InChI=1S/C15H10ClF2N/c16-13-3-1-2-9-4-5-14(15(9)13)19-12-7-10(17)6-11(18)8-12/h1-3,6-8H,4-5H2. The van der Waals surface area contributed by atoms with E-state index in [9.17, 15) is 8.78 Å². The monoisotopic (exact) mass is 277 g/mol. The van der Waals surface area contributed by atoms with Crippen molar-refractivity contribution in [2.45, 2.75) is 12.8 Å². The second kappa shape index (κ2) is 4.74. The van der Waals surface area contributed by atoms with Crippen LogP contribution >= 0.6 is 11.6 Å². The van der Waals surface area contributed by atoms with Crippen LogP contribution in [-0.2, 0) is 6.42 Å². The third kappa shape index (κ3) is 2.38. The molecule has 4 heteroatoms. The number of nitrogens with zero attached hydrogens (tertiary/aromatic N) is 1. The smallest absolute Gasteiger partial charge is 0.128 e. The van der Waals surface area contributed by atoms with E-state index < -0.39 is 11.6 Å². The number of aliphatic imine (C=N–C) groups is 1. The van der Waals surface area contributed by atoms with Crippen molar-refractivity contribution in [2.24, 2.45) is 4.99 Å². The van der Waals surface area contributed by atoms with Gasteiger partial charge in [-0.1, -0.05) is 23.7 Å². The average Bonchev–Trinajstić information content (AvgIpc) is 2.72. The van der Waals surface area contributed by atoms with Gasteiger partial charge in [0, 0.05) is 16.7 Å². The lowest BCUT2D eigenvalue weighted by atomic mass is 10.1. The molecule has 1 aliphatic rings. The molecule has 0 fully saturated rings.